The van der Waals surface area contributed by atoms with Crippen LogP contribution in [0.1, 0.15) is 28.8 Å². The van der Waals surface area contributed by atoms with Crippen molar-refractivity contribution in [3.05, 3.63) is 71.8 Å². The van der Waals surface area contributed by atoms with E-state index in [9.17, 15) is 14.4 Å². The highest BCUT2D eigenvalue weighted by atomic mass is 16.5. The van der Waals surface area contributed by atoms with E-state index in [-0.39, 0.29) is 5.91 Å². The molecule has 9 heteroatoms. The van der Waals surface area contributed by atoms with E-state index in [0.717, 1.165) is 69.1 Å². The Hall–Kier alpha value is -3.85. The van der Waals surface area contributed by atoms with Gasteiger partial charge in [0.2, 0.25) is 0 Å². The van der Waals surface area contributed by atoms with Gasteiger partial charge in [-0.1, -0.05) is 30.3 Å². The third-order valence-corrected chi connectivity index (χ3v) is 6.30. The Morgan fingerprint density at radius 3 is 2.31 bits per heavy atom. The Kier molecular flexibility index (Phi) is 9.88. The number of amides is 1. The number of fused-ring (bicyclic) bond motifs is 1. The predicted molar refractivity (Wildman–Crippen MR) is 136 cm³/mol. The van der Waals surface area contributed by atoms with Crippen LogP contribution in [0.4, 0.5) is 5.69 Å². The van der Waals surface area contributed by atoms with Crippen molar-refractivity contribution in [2.45, 2.75) is 19.4 Å². The quantitative estimate of drug-likeness (QED) is 0.454. The van der Waals surface area contributed by atoms with E-state index in [1.165, 1.54) is 5.56 Å². The lowest BCUT2D eigenvalue weighted by Gasteiger charge is -2.34. The Morgan fingerprint density at radius 1 is 1.03 bits per heavy atom. The first-order valence-electron chi connectivity index (χ1n) is 12.0. The molecule has 0 spiro atoms. The SMILES string of the molecule is COc1ccccc1NCCN1CCC(CN2Cc3ccccc3C2=O)CC1.O=C(O)/C=C/C(=O)O. The van der Waals surface area contributed by atoms with E-state index in [1.54, 1.807) is 7.11 Å². The van der Waals surface area contributed by atoms with Crippen LogP contribution >= 0.6 is 0 Å². The number of carboxylic acid groups (broad SMARTS) is 2. The fourth-order valence-corrected chi connectivity index (χ4v) is 4.45. The Labute approximate surface area is 211 Å². The molecule has 0 bridgehead atoms. The third kappa shape index (κ3) is 7.84. The van der Waals surface area contributed by atoms with Gasteiger partial charge in [-0.15, -0.1) is 0 Å². The number of anilines is 1. The summed E-state index contributed by atoms with van der Waals surface area (Å²) in [7, 11) is 1.70. The summed E-state index contributed by atoms with van der Waals surface area (Å²) in [4.78, 5) is 36.2. The average molecular weight is 496 g/mol. The fourth-order valence-electron chi connectivity index (χ4n) is 4.45. The molecule has 3 N–H and O–H groups in total. The lowest BCUT2D eigenvalue weighted by atomic mass is 9.96. The zero-order valence-electron chi connectivity index (χ0n) is 20.4. The number of methoxy groups -OCH3 is 1. The summed E-state index contributed by atoms with van der Waals surface area (Å²) >= 11 is 0. The van der Waals surface area contributed by atoms with Gasteiger partial charge in [0.1, 0.15) is 5.75 Å². The van der Waals surface area contributed by atoms with E-state index < -0.39 is 11.9 Å². The van der Waals surface area contributed by atoms with Crippen LogP contribution in [-0.4, -0.2) is 77.7 Å². The number of nitrogens with one attached hydrogen (secondary N) is 1. The highest BCUT2D eigenvalue weighted by Crippen LogP contribution is 2.26. The number of piperidine rings is 1. The molecule has 4 rings (SSSR count). The molecule has 0 unspecified atom stereocenters. The minimum Gasteiger partial charge on any atom is -0.495 e. The number of carbonyl (C=O) groups excluding carboxylic acids is 1. The number of hydrogen-bond acceptors (Lipinski definition) is 6. The molecule has 0 atom stereocenters. The zero-order valence-corrected chi connectivity index (χ0v) is 20.4. The normalized spacial score (nSPS) is 15.8. The molecule has 1 fully saturated rings. The van der Waals surface area contributed by atoms with Gasteiger partial charge in [-0.2, -0.15) is 0 Å². The van der Waals surface area contributed by atoms with Gasteiger partial charge in [-0.25, -0.2) is 9.59 Å². The predicted octanol–water partition coefficient (Wildman–Crippen LogP) is 3.19. The second-order valence-electron chi connectivity index (χ2n) is 8.76. The smallest absolute Gasteiger partial charge is 0.328 e. The van der Waals surface area contributed by atoms with Crippen LogP contribution in [-0.2, 0) is 16.1 Å². The lowest BCUT2D eigenvalue weighted by molar-refractivity contribution is -0.134. The highest BCUT2D eigenvalue weighted by Gasteiger charge is 2.29. The minimum atomic E-state index is -1.26. The Morgan fingerprint density at radius 2 is 1.67 bits per heavy atom. The number of benzene rings is 2. The maximum atomic E-state index is 12.6. The van der Waals surface area contributed by atoms with Crippen molar-refractivity contribution in [3.63, 3.8) is 0 Å². The van der Waals surface area contributed by atoms with E-state index in [4.69, 9.17) is 14.9 Å². The summed E-state index contributed by atoms with van der Waals surface area (Å²) in [6.45, 7) is 5.81. The summed E-state index contributed by atoms with van der Waals surface area (Å²) in [5, 5.41) is 19.1. The van der Waals surface area contributed by atoms with Crippen LogP contribution in [0.5, 0.6) is 5.75 Å². The maximum absolute atomic E-state index is 12.6. The van der Waals surface area contributed by atoms with Gasteiger partial charge in [0, 0.05) is 43.9 Å². The second-order valence-corrected chi connectivity index (χ2v) is 8.76. The van der Waals surface area contributed by atoms with Crippen LogP contribution < -0.4 is 10.1 Å². The van der Waals surface area contributed by atoms with E-state index in [1.807, 2.05) is 41.3 Å². The maximum Gasteiger partial charge on any atom is 0.328 e. The molecule has 2 aliphatic heterocycles. The summed E-state index contributed by atoms with van der Waals surface area (Å²) in [6.07, 6.45) is 3.44. The molecule has 2 aliphatic rings. The summed E-state index contributed by atoms with van der Waals surface area (Å²) in [6, 6.07) is 16.0. The van der Waals surface area contributed by atoms with Gasteiger partial charge in [-0.3, -0.25) is 4.79 Å². The molecule has 0 aliphatic carbocycles. The highest BCUT2D eigenvalue weighted by molar-refractivity contribution is 5.98. The number of ether oxygens (including phenoxy) is 1. The molecule has 1 saturated heterocycles. The molecule has 2 aromatic rings. The molecule has 36 heavy (non-hydrogen) atoms. The molecular weight excluding hydrogens is 462 g/mol. The number of carbonyl (C=O) groups is 3. The van der Waals surface area contributed by atoms with Gasteiger partial charge in [0.25, 0.3) is 5.91 Å². The van der Waals surface area contributed by atoms with Gasteiger partial charge >= 0.3 is 11.9 Å². The topological polar surface area (TPSA) is 119 Å². The number of para-hydroxylation sites is 2. The van der Waals surface area contributed by atoms with Crippen molar-refractivity contribution in [2.75, 3.05) is 45.2 Å². The molecule has 0 aromatic heterocycles. The molecular formula is C27H33N3O6. The van der Waals surface area contributed by atoms with Gasteiger partial charge in [0.05, 0.1) is 12.8 Å². The van der Waals surface area contributed by atoms with Crippen molar-refractivity contribution >= 4 is 23.5 Å². The van der Waals surface area contributed by atoms with Crippen LogP contribution in [0.15, 0.2) is 60.7 Å². The Balaban J connectivity index is 0.000000392. The number of carboxylic acids is 2. The molecule has 0 saturated carbocycles. The number of rotatable bonds is 9. The van der Waals surface area contributed by atoms with Gasteiger partial charge in [-0.05, 0) is 55.6 Å². The summed E-state index contributed by atoms with van der Waals surface area (Å²) in [5.41, 5.74) is 3.11. The van der Waals surface area contributed by atoms with E-state index in [0.29, 0.717) is 18.1 Å². The molecule has 2 heterocycles. The Bertz CT molecular complexity index is 1060. The van der Waals surface area contributed by atoms with Crippen molar-refractivity contribution in [1.29, 1.82) is 0 Å². The van der Waals surface area contributed by atoms with Crippen molar-refractivity contribution < 1.29 is 29.3 Å². The number of aliphatic carboxylic acids is 2. The summed E-state index contributed by atoms with van der Waals surface area (Å²) in [5.74, 6) is -0.812. The number of hydrogen-bond donors (Lipinski definition) is 3. The van der Waals surface area contributed by atoms with E-state index in [2.05, 4.69) is 22.3 Å². The first kappa shape index (κ1) is 26.7. The minimum absolute atomic E-state index is 0.207. The van der Waals surface area contributed by atoms with E-state index >= 15 is 0 Å². The molecule has 192 valence electrons. The first-order valence-corrected chi connectivity index (χ1v) is 12.0. The summed E-state index contributed by atoms with van der Waals surface area (Å²) < 4.78 is 5.39. The van der Waals surface area contributed by atoms with Crippen LogP contribution in [0, 0.1) is 5.92 Å². The standard InChI is InChI=1S/C23H29N3O2.C4H4O4/c1-28-22-9-5-4-8-21(22)24-12-15-25-13-10-18(11-14-25)16-26-17-19-6-2-3-7-20(19)23(26)27;5-3(6)1-2-4(7)8/h2-9,18,24H,10-17H2,1H3;1-2H,(H,5,6)(H,7,8)/b;2-1+. The van der Waals surface area contributed by atoms with Gasteiger partial charge < -0.3 is 30.1 Å². The van der Waals surface area contributed by atoms with Crippen molar-refractivity contribution in [1.82, 2.24) is 9.80 Å². The van der Waals surface area contributed by atoms with Crippen molar-refractivity contribution in [2.24, 2.45) is 5.92 Å². The lowest BCUT2D eigenvalue weighted by Crippen LogP contribution is -2.40. The molecule has 9 nitrogen and oxygen atoms in total. The number of likely N-dealkylation sites (tertiary alicyclic amines) is 1. The molecule has 2 aromatic carbocycles. The van der Waals surface area contributed by atoms with Crippen LogP contribution in [0.3, 0.4) is 0 Å². The van der Waals surface area contributed by atoms with Crippen molar-refractivity contribution in [3.8, 4) is 5.75 Å². The largest absolute Gasteiger partial charge is 0.495 e. The second kappa shape index (κ2) is 13.3. The number of nitrogens with zero attached hydrogens (tertiary/aromatic N) is 2. The van der Waals surface area contributed by atoms with Gasteiger partial charge in [0.15, 0.2) is 0 Å². The molecule has 0 radical (unpaired) electrons. The van der Waals surface area contributed by atoms with Crippen LogP contribution in [0.2, 0.25) is 0 Å². The average Bonchev–Trinajstić information content (AvgIpc) is 3.19. The van der Waals surface area contributed by atoms with Crippen LogP contribution in [0.25, 0.3) is 0 Å². The monoisotopic (exact) mass is 495 g/mol. The zero-order chi connectivity index (χ0) is 25.9. The third-order valence-electron chi connectivity index (χ3n) is 6.30. The molecule has 1 amide bonds. The first-order chi connectivity index (χ1) is 17.4. The fraction of sp³-hybridized carbons (Fsp3) is 0.370.